The maximum atomic E-state index is 12.5. The lowest BCUT2D eigenvalue weighted by Gasteiger charge is -2.11. The summed E-state index contributed by atoms with van der Waals surface area (Å²) in [5, 5.41) is 18.0. The molecule has 2 rings (SSSR count). The van der Waals surface area contributed by atoms with Gasteiger partial charge in [-0.2, -0.15) is 0 Å². The second-order valence-electron chi connectivity index (χ2n) is 5.25. The fourth-order valence-corrected chi connectivity index (χ4v) is 3.64. The summed E-state index contributed by atoms with van der Waals surface area (Å²) in [4.78, 5) is 22.5. The van der Waals surface area contributed by atoms with Gasteiger partial charge in [0.25, 0.3) is 10.0 Å². The lowest BCUT2D eigenvalue weighted by Crippen LogP contribution is -2.14. The van der Waals surface area contributed by atoms with Crippen LogP contribution < -0.4 is 4.72 Å². The number of carboxylic acids is 1. The quantitative estimate of drug-likeness (QED) is 0.392. The molecule has 0 aliphatic rings. The molecule has 136 valence electrons. The Bertz CT molecular complexity index is 1010. The number of carbonyl (C=O) groups excluding carboxylic acids is 1. The molecule has 0 fully saturated rings. The van der Waals surface area contributed by atoms with E-state index in [1.807, 2.05) is 0 Å². The molecule has 0 aliphatic carbocycles. The maximum absolute atomic E-state index is 12.5. The Labute approximate surface area is 154 Å². The summed E-state index contributed by atoms with van der Waals surface area (Å²) in [6.45, 7) is 1.57. The minimum Gasteiger partial charge on any atom is -0.502 e. The number of hydrogen-bond donors (Lipinski definition) is 3. The number of anilines is 1. The van der Waals surface area contributed by atoms with E-state index in [9.17, 15) is 18.0 Å². The third-order valence-corrected chi connectivity index (χ3v) is 5.33. The van der Waals surface area contributed by atoms with Gasteiger partial charge < -0.3 is 10.2 Å². The summed E-state index contributed by atoms with van der Waals surface area (Å²) in [5.41, 5.74) is 0.475. The number of aliphatic hydroxyl groups is 1. The number of allylic oxidation sites excluding steroid dienone is 1. The molecule has 0 atom stereocenters. The first-order valence-corrected chi connectivity index (χ1v) is 9.04. The van der Waals surface area contributed by atoms with Gasteiger partial charge in [-0.1, -0.05) is 29.8 Å². The van der Waals surface area contributed by atoms with Crippen molar-refractivity contribution in [2.75, 3.05) is 4.72 Å². The Kier molecular flexibility index (Phi) is 5.69. The number of benzene rings is 2. The molecule has 0 heterocycles. The molecule has 7 nitrogen and oxygen atoms in total. The van der Waals surface area contributed by atoms with Crippen LogP contribution in [0.2, 0.25) is 5.02 Å². The Hall–Kier alpha value is -2.84. The first-order chi connectivity index (χ1) is 12.1. The second-order valence-corrected chi connectivity index (χ2v) is 7.31. The van der Waals surface area contributed by atoms with E-state index in [0.717, 1.165) is 0 Å². The molecule has 0 saturated carbocycles. The van der Waals surface area contributed by atoms with Crippen molar-refractivity contribution < 1.29 is 28.2 Å². The second kappa shape index (κ2) is 7.59. The summed E-state index contributed by atoms with van der Waals surface area (Å²) < 4.78 is 27.4. The van der Waals surface area contributed by atoms with Gasteiger partial charge in [0.2, 0.25) is 5.76 Å². The van der Waals surface area contributed by atoms with Gasteiger partial charge in [-0.3, -0.25) is 9.52 Å². The fraction of sp³-hybridized carbons (Fsp3) is 0.0588. The normalized spacial score (nSPS) is 11.8. The van der Waals surface area contributed by atoms with Crippen molar-refractivity contribution in [2.45, 2.75) is 11.8 Å². The van der Waals surface area contributed by atoms with Crippen LogP contribution in [0, 0.1) is 6.92 Å². The van der Waals surface area contributed by atoms with Crippen LogP contribution >= 0.6 is 11.6 Å². The highest BCUT2D eigenvalue weighted by Crippen LogP contribution is 2.25. The number of halogens is 1. The highest BCUT2D eigenvalue weighted by atomic mass is 35.5. The van der Waals surface area contributed by atoms with Crippen LogP contribution in [0.15, 0.2) is 59.2 Å². The molecule has 0 radical (unpaired) electrons. The molecular weight excluding hydrogens is 382 g/mol. The first kappa shape index (κ1) is 19.5. The highest BCUT2D eigenvalue weighted by Gasteiger charge is 2.19. The molecule has 3 N–H and O–H groups in total. The number of nitrogens with one attached hydrogen (secondary N) is 1. The van der Waals surface area contributed by atoms with Gasteiger partial charge in [0, 0.05) is 22.3 Å². The number of ketones is 1. The van der Waals surface area contributed by atoms with E-state index in [4.69, 9.17) is 21.8 Å². The largest absolute Gasteiger partial charge is 0.502 e. The Morgan fingerprint density at radius 3 is 2.42 bits per heavy atom. The monoisotopic (exact) mass is 395 g/mol. The third-order valence-electron chi connectivity index (χ3n) is 3.39. The van der Waals surface area contributed by atoms with Crippen molar-refractivity contribution >= 4 is 39.1 Å². The summed E-state index contributed by atoms with van der Waals surface area (Å²) in [6.07, 6.45) is 0.539. The van der Waals surface area contributed by atoms with Crippen molar-refractivity contribution in [1.82, 2.24) is 0 Å². The smallest absolute Gasteiger partial charge is 0.371 e. The van der Waals surface area contributed by atoms with Crippen LogP contribution in [0.25, 0.3) is 0 Å². The fourth-order valence-electron chi connectivity index (χ4n) is 2.09. The maximum Gasteiger partial charge on any atom is 0.371 e. The molecule has 2 aromatic rings. The van der Waals surface area contributed by atoms with Crippen LogP contribution in [0.4, 0.5) is 5.69 Å². The Morgan fingerprint density at radius 1 is 1.12 bits per heavy atom. The zero-order chi connectivity index (χ0) is 19.5. The average molecular weight is 396 g/mol. The van der Waals surface area contributed by atoms with E-state index in [1.165, 1.54) is 36.4 Å². The predicted octanol–water partition coefficient (Wildman–Crippen LogP) is 3.16. The van der Waals surface area contributed by atoms with Crippen LogP contribution in [-0.2, 0) is 14.8 Å². The topological polar surface area (TPSA) is 121 Å². The van der Waals surface area contributed by atoms with Crippen LogP contribution in [0.3, 0.4) is 0 Å². The average Bonchev–Trinajstić information content (AvgIpc) is 2.56. The van der Waals surface area contributed by atoms with E-state index >= 15 is 0 Å². The van der Waals surface area contributed by atoms with Crippen LogP contribution in [0.5, 0.6) is 0 Å². The lowest BCUT2D eigenvalue weighted by atomic mass is 10.1. The number of aliphatic hydroxyl groups excluding tert-OH is 1. The lowest BCUT2D eigenvalue weighted by molar-refractivity contribution is -0.135. The predicted molar refractivity (Wildman–Crippen MR) is 96.1 cm³/mol. The zero-order valence-corrected chi connectivity index (χ0v) is 15.0. The third kappa shape index (κ3) is 4.41. The summed E-state index contributed by atoms with van der Waals surface area (Å²) in [5.74, 6) is -3.55. The van der Waals surface area contributed by atoms with Crippen LogP contribution in [-0.4, -0.2) is 30.4 Å². The molecule has 0 spiro atoms. The van der Waals surface area contributed by atoms with Gasteiger partial charge in [0.15, 0.2) is 5.78 Å². The first-order valence-electron chi connectivity index (χ1n) is 7.18. The van der Waals surface area contributed by atoms with Gasteiger partial charge in [0.05, 0.1) is 4.90 Å². The van der Waals surface area contributed by atoms with Crippen molar-refractivity contribution in [3.8, 4) is 0 Å². The molecule has 0 aromatic heterocycles. The van der Waals surface area contributed by atoms with E-state index in [1.54, 1.807) is 13.0 Å². The molecule has 0 amide bonds. The minimum atomic E-state index is -3.95. The van der Waals surface area contributed by atoms with Gasteiger partial charge in [-0.15, -0.1) is 0 Å². The van der Waals surface area contributed by atoms with Crippen LogP contribution in [0.1, 0.15) is 15.9 Å². The molecule has 9 heteroatoms. The van der Waals surface area contributed by atoms with Crippen molar-refractivity contribution in [3.05, 3.63) is 70.4 Å². The van der Waals surface area contributed by atoms with E-state index in [-0.39, 0.29) is 16.1 Å². The van der Waals surface area contributed by atoms with Gasteiger partial charge in [-0.05, 0) is 36.8 Å². The van der Waals surface area contributed by atoms with Crippen molar-refractivity contribution in [3.63, 3.8) is 0 Å². The number of rotatable bonds is 6. The molecule has 0 aliphatic heterocycles. The molecule has 0 unspecified atom stereocenters. The van der Waals surface area contributed by atoms with Crippen molar-refractivity contribution in [2.24, 2.45) is 0 Å². The number of carbonyl (C=O) groups is 2. The zero-order valence-electron chi connectivity index (χ0n) is 13.4. The summed E-state index contributed by atoms with van der Waals surface area (Å²) >= 11 is 5.95. The number of carboxylic acid groups (broad SMARTS) is 1. The minimum absolute atomic E-state index is 0.000756. The van der Waals surface area contributed by atoms with Gasteiger partial charge in [-0.25, -0.2) is 13.2 Å². The summed E-state index contributed by atoms with van der Waals surface area (Å²) in [6, 6.07) is 9.89. The highest BCUT2D eigenvalue weighted by molar-refractivity contribution is 7.92. The molecule has 0 saturated heterocycles. The number of aliphatic carboxylic acids is 1. The Morgan fingerprint density at radius 2 is 1.77 bits per heavy atom. The van der Waals surface area contributed by atoms with Crippen molar-refractivity contribution in [1.29, 1.82) is 0 Å². The Balaban J connectivity index is 2.34. The number of sulfonamides is 1. The molecule has 26 heavy (non-hydrogen) atoms. The molecular formula is C17H14ClNO6S. The van der Waals surface area contributed by atoms with E-state index < -0.39 is 27.5 Å². The number of hydrogen-bond acceptors (Lipinski definition) is 5. The summed E-state index contributed by atoms with van der Waals surface area (Å²) in [7, 11) is -3.95. The van der Waals surface area contributed by atoms with Gasteiger partial charge in [0.1, 0.15) is 0 Å². The SMILES string of the molecule is Cc1c(Cl)cccc1S(=O)(=O)Nc1cccc(C(=O)/C=C(\O)C(=O)O)c1. The molecule has 0 bridgehead atoms. The van der Waals surface area contributed by atoms with E-state index in [0.29, 0.717) is 16.7 Å². The van der Waals surface area contributed by atoms with E-state index in [2.05, 4.69) is 4.72 Å². The standard InChI is InChI=1S/C17H14ClNO6S/c1-10-13(18)6-3-7-16(10)26(24,25)19-12-5-2-4-11(8-12)14(20)9-15(21)17(22)23/h2-9,19,21H,1H3,(H,22,23)/b15-9-. The molecule has 2 aromatic carbocycles. The van der Waals surface area contributed by atoms with Gasteiger partial charge >= 0.3 is 5.97 Å².